The smallest absolute Gasteiger partial charge is 0.0484 e. The lowest BCUT2D eigenvalue weighted by Gasteiger charge is -2.21. The summed E-state index contributed by atoms with van der Waals surface area (Å²) in [5, 5.41) is 3.61. The van der Waals surface area contributed by atoms with E-state index in [1.807, 2.05) is 0 Å². The van der Waals surface area contributed by atoms with Crippen molar-refractivity contribution in [2.75, 3.05) is 19.8 Å². The van der Waals surface area contributed by atoms with Gasteiger partial charge in [0, 0.05) is 19.3 Å². The highest BCUT2D eigenvalue weighted by molar-refractivity contribution is 5.12. The lowest BCUT2D eigenvalue weighted by Crippen LogP contribution is -2.32. The highest BCUT2D eigenvalue weighted by Gasteiger charge is 2.14. The minimum absolute atomic E-state index is 0.551. The molecule has 100 valence electrons. The van der Waals surface area contributed by atoms with E-state index in [2.05, 4.69) is 25.2 Å². The molecule has 0 radical (unpaired) electrons. The zero-order chi connectivity index (χ0) is 12.3. The number of hydrogen-bond acceptors (Lipinski definition) is 2. The van der Waals surface area contributed by atoms with E-state index in [1.165, 1.54) is 32.1 Å². The Balaban J connectivity index is 2.37. The van der Waals surface area contributed by atoms with Gasteiger partial charge in [0.15, 0.2) is 0 Å². The van der Waals surface area contributed by atoms with Gasteiger partial charge in [0.2, 0.25) is 0 Å². The zero-order valence-electron chi connectivity index (χ0n) is 11.6. The van der Waals surface area contributed by atoms with Crippen LogP contribution in [0.25, 0.3) is 0 Å². The van der Waals surface area contributed by atoms with Crippen molar-refractivity contribution in [3.8, 4) is 0 Å². The molecule has 0 aliphatic heterocycles. The first kappa shape index (κ1) is 14.7. The number of likely N-dealkylation sites (N-methyl/N-ethyl adjacent to an activating group) is 1. The minimum Gasteiger partial charge on any atom is -0.381 e. The summed E-state index contributed by atoms with van der Waals surface area (Å²) in [6.07, 6.45) is 11.4. The van der Waals surface area contributed by atoms with Crippen LogP contribution < -0.4 is 5.32 Å². The van der Waals surface area contributed by atoms with Crippen LogP contribution in [0.15, 0.2) is 11.6 Å². The molecule has 0 heterocycles. The second kappa shape index (κ2) is 9.67. The van der Waals surface area contributed by atoms with E-state index in [-0.39, 0.29) is 0 Å². The molecule has 0 aromatic carbocycles. The molecule has 1 atom stereocenters. The van der Waals surface area contributed by atoms with Crippen molar-refractivity contribution < 1.29 is 4.74 Å². The second-order valence-electron chi connectivity index (χ2n) is 4.89. The van der Waals surface area contributed by atoms with Crippen LogP contribution in [0.5, 0.6) is 0 Å². The molecule has 0 aromatic heterocycles. The third-order valence-corrected chi connectivity index (χ3v) is 3.37. The SMILES string of the molecule is CCCOCCC(NCC)C1=CCCCCC1. The summed E-state index contributed by atoms with van der Waals surface area (Å²) in [6.45, 7) is 7.20. The topological polar surface area (TPSA) is 21.3 Å². The first-order valence-electron chi connectivity index (χ1n) is 7.38. The molecule has 0 bridgehead atoms. The van der Waals surface area contributed by atoms with Gasteiger partial charge in [-0.3, -0.25) is 0 Å². The Morgan fingerprint density at radius 3 is 2.88 bits per heavy atom. The molecular weight excluding hydrogens is 210 g/mol. The summed E-state index contributed by atoms with van der Waals surface area (Å²) in [5.41, 5.74) is 1.63. The Morgan fingerprint density at radius 2 is 2.12 bits per heavy atom. The normalized spacial score (nSPS) is 18.6. The number of nitrogens with one attached hydrogen (secondary N) is 1. The summed E-state index contributed by atoms with van der Waals surface area (Å²) in [7, 11) is 0. The molecule has 0 amide bonds. The molecule has 0 spiro atoms. The van der Waals surface area contributed by atoms with E-state index in [0.29, 0.717) is 6.04 Å². The van der Waals surface area contributed by atoms with Crippen molar-refractivity contribution in [3.63, 3.8) is 0 Å². The molecule has 1 rings (SSSR count). The Kier molecular flexibility index (Phi) is 8.37. The monoisotopic (exact) mass is 239 g/mol. The summed E-state index contributed by atoms with van der Waals surface area (Å²) >= 11 is 0. The maximum Gasteiger partial charge on any atom is 0.0484 e. The summed E-state index contributed by atoms with van der Waals surface area (Å²) < 4.78 is 5.61. The van der Waals surface area contributed by atoms with E-state index < -0.39 is 0 Å². The predicted octanol–water partition coefficient (Wildman–Crippen LogP) is 3.67. The van der Waals surface area contributed by atoms with Gasteiger partial charge in [-0.15, -0.1) is 0 Å². The number of allylic oxidation sites excluding steroid dienone is 1. The van der Waals surface area contributed by atoms with E-state index in [0.717, 1.165) is 32.6 Å². The van der Waals surface area contributed by atoms with E-state index >= 15 is 0 Å². The standard InChI is InChI=1S/C15H29NO/c1-3-12-17-13-11-15(16-4-2)14-9-7-5-6-8-10-14/h9,15-16H,3-8,10-13H2,1-2H3. The van der Waals surface area contributed by atoms with Crippen molar-refractivity contribution in [2.24, 2.45) is 0 Å². The van der Waals surface area contributed by atoms with Crippen LogP contribution in [-0.2, 0) is 4.74 Å². The van der Waals surface area contributed by atoms with Gasteiger partial charge in [-0.05, 0) is 45.1 Å². The summed E-state index contributed by atoms with van der Waals surface area (Å²) in [6, 6.07) is 0.551. The van der Waals surface area contributed by atoms with Crippen LogP contribution in [0.2, 0.25) is 0 Å². The van der Waals surface area contributed by atoms with Gasteiger partial charge in [-0.25, -0.2) is 0 Å². The van der Waals surface area contributed by atoms with Crippen molar-refractivity contribution in [2.45, 2.75) is 64.8 Å². The molecule has 0 saturated heterocycles. The number of ether oxygens (including phenoxy) is 1. The Bertz CT molecular complexity index is 213. The molecule has 0 fully saturated rings. The van der Waals surface area contributed by atoms with Gasteiger partial charge in [-0.1, -0.05) is 31.9 Å². The molecule has 2 heteroatoms. The van der Waals surface area contributed by atoms with Gasteiger partial charge in [-0.2, -0.15) is 0 Å². The van der Waals surface area contributed by atoms with Crippen molar-refractivity contribution >= 4 is 0 Å². The molecule has 0 saturated carbocycles. The molecule has 2 nitrogen and oxygen atoms in total. The average Bonchev–Trinajstić information content (AvgIpc) is 2.62. The van der Waals surface area contributed by atoms with Crippen LogP contribution >= 0.6 is 0 Å². The summed E-state index contributed by atoms with van der Waals surface area (Å²) in [5.74, 6) is 0. The largest absolute Gasteiger partial charge is 0.381 e. The quantitative estimate of drug-likeness (QED) is 0.515. The lowest BCUT2D eigenvalue weighted by atomic mass is 9.99. The number of hydrogen-bond donors (Lipinski definition) is 1. The molecular formula is C15H29NO. The van der Waals surface area contributed by atoms with Crippen LogP contribution in [0, 0.1) is 0 Å². The fourth-order valence-electron chi connectivity index (χ4n) is 2.47. The van der Waals surface area contributed by atoms with Gasteiger partial charge >= 0.3 is 0 Å². The van der Waals surface area contributed by atoms with Crippen molar-refractivity contribution in [1.82, 2.24) is 5.32 Å². The molecule has 1 aliphatic rings. The fourth-order valence-corrected chi connectivity index (χ4v) is 2.47. The molecule has 1 unspecified atom stereocenters. The van der Waals surface area contributed by atoms with Crippen molar-refractivity contribution in [3.05, 3.63) is 11.6 Å². The first-order chi connectivity index (χ1) is 8.38. The van der Waals surface area contributed by atoms with Crippen LogP contribution in [0.4, 0.5) is 0 Å². The molecule has 17 heavy (non-hydrogen) atoms. The van der Waals surface area contributed by atoms with E-state index in [9.17, 15) is 0 Å². The van der Waals surface area contributed by atoms with Gasteiger partial charge in [0.25, 0.3) is 0 Å². The predicted molar refractivity (Wildman–Crippen MR) is 74.4 cm³/mol. The average molecular weight is 239 g/mol. The van der Waals surface area contributed by atoms with Crippen molar-refractivity contribution in [1.29, 1.82) is 0 Å². The maximum absolute atomic E-state index is 5.61. The lowest BCUT2D eigenvalue weighted by molar-refractivity contribution is 0.127. The van der Waals surface area contributed by atoms with Crippen LogP contribution in [-0.4, -0.2) is 25.8 Å². The Morgan fingerprint density at radius 1 is 1.24 bits per heavy atom. The van der Waals surface area contributed by atoms with Gasteiger partial charge in [0.05, 0.1) is 0 Å². The minimum atomic E-state index is 0.551. The first-order valence-corrected chi connectivity index (χ1v) is 7.38. The van der Waals surface area contributed by atoms with E-state index in [1.54, 1.807) is 5.57 Å². The zero-order valence-corrected chi connectivity index (χ0v) is 11.6. The third-order valence-electron chi connectivity index (χ3n) is 3.37. The van der Waals surface area contributed by atoms with Gasteiger partial charge < -0.3 is 10.1 Å². The molecule has 0 aromatic rings. The van der Waals surface area contributed by atoms with Crippen LogP contribution in [0.1, 0.15) is 58.8 Å². The van der Waals surface area contributed by atoms with E-state index in [4.69, 9.17) is 4.74 Å². The second-order valence-corrected chi connectivity index (χ2v) is 4.89. The van der Waals surface area contributed by atoms with Crippen LogP contribution in [0.3, 0.4) is 0 Å². The fraction of sp³-hybridized carbons (Fsp3) is 0.867. The number of rotatable bonds is 8. The highest BCUT2D eigenvalue weighted by atomic mass is 16.5. The van der Waals surface area contributed by atoms with Gasteiger partial charge in [0.1, 0.15) is 0 Å². The highest BCUT2D eigenvalue weighted by Crippen LogP contribution is 2.21. The Hall–Kier alpha value is -0.340. The third kappa shape index (κ3) is 6.23. The summed E-state index contributed by atoms with van der Waals surface area (Å²) in [4.78, 5) is 0. The Labute approximate surface area is 107 Å². The maximum atomic E-state index is 5.61. The molecule has 1 N–H and O–H groups in total. The molecule has 1 aliphatic carbocycles.